The maximum atomic E-state index is 2.52. The third-order valence-electron chi connectivity index (χ3n) is 3.60. The second kappa shape index (κ2) is 5.39. The van der Waals surface area contributed by atoms with Crippen molar-refractivity contribution in [3.63, 3.8) is 0 Å². The van der Waals surface area contributed by atoms with Gasteiger partial charge in [0.2, 0.25) is 0 Å². The molecule has 1 heteroatoms. The van der Waals surface area contributed by atoms with Crippen molar-refractivity contribution in [3.05, 3.63) is 46.7 Å². The quantitative estimate of drug-likeness (QED) is 0.739. The van der Waals surface area contributed by atoms with Crippen molar-refractivity contribution in [1.82, 2.24) is 4.90 Å². The van der Waals surface area contributed by atoms with E-state index in [1.54, 1.807) is 5.56 Å². The SMILES string of the molecule is CC/C=C(\C)N1CCCc2ccc(C)cc2C1. The molecular formula is C16H23N. The number of allylic oxidation sites excluding steroid dienone is 2. The molecule has 0 N–H and O–H groups in total. The van der Waals surface area contributed by atoms with Crippen LogP contribution in [0, 0.1) is 6.92 Å². The number of hydrogen-bond donors (Lipinski definition) is 0. The van der Waals surface area contributed by atoms with Crippen molar-refractivity contribution in [1.29, 1.82) is 0 Å². The van der Waals surface area contributed by atoms with Crippen LogP contribution >= 0.6 is 0 Å². The summed E-state index contributed by atoms with van der Waals surface area (Å²) in [4.78, 5) is 2.52. The Balaban J connectivity index is 2.24. The minimum atomic E-state index is 1.08. The van der Waals surface area contributed by atoms with Crippen LogP contribution in [0.5, 0.6) is 0 Å². The van der Waals surface area contributed by atoms with Crippen LogP contribution in [0.3, 0.4) is 0 Å². The van der Waals surface area contributed by atoms with E-state index in [1.807, 2.05) is 0 Å². The number of fused-ring (bicyclic) bond motifs is 1. The van der Waals surface area contributed by atoms with Crippen molar-refractivity contribution in [3.8, 4) is 0 Å². The molecule has 0 unspecified atom stereocenters. The van der Waals surface area contributed by atoms with Crippen molar-refractivity contribution < 1.29 is 0 Å². The molecule has 1 nitrogen and oxygen atoms in total. The molecule has 0 saturated heterocycles. The van der Waals surface area contributed by atoms with Crippen LogP contribution in [0.1, 0.15) is 43.4 Å². The minimum Gasteiger partial charge on any atom is -0.371 e. The number of hydrogen-bond acceptors (Lipinski definition) is 1. The highest BCUT2D eigenvalue weighted by atomic mass is 15.1. The molecule has 17 heavy (non-hydrogen) atoms. The second-order valence-corrected chi connectivity index (χ2v) is 5.05. The van der Waals surface area contributed by atoms with E-state index >= 15 is 0 Å². The van der Waals surface area contributed by atoms with E-state index in [-0.39, 0.29) is 0 Å². The molecule has 0 bridgehead atoms. The zero-order valence-corrected chi connectivity index (χ0v) is 11.3. The highest BCUT2D eigenvalue weighted by molar-refractivity contribution is 5.32. The highest BCUT2D eigenvalue weighted by Crippen LogP contribution is 2.22. The smallest absolute Gasteiger partial charge is 0.0429 e. The van der Waals surface area contributed by atoms with Gasteiger partial charge < -0.3 is 4.90 Å². The van der Waals surface area contributed by atoms with E-state index in [2.05, 4.69) is 49.9 Å². The topological polar surface area (TPSA) is 3.24 Å². The lowest BCUT2D eigenvalue weighted by Gasteiger charge is -2.24. The van der Waals surface area contributed by atoms with Gasteiger partial charge in [0.15, 0.2) is 0 Å². The lowest BCUT2D eigenvalue weighted by molar-refractivity contribution is 0.341. The predicted octanol–water partition coefficient (Wildman–Crippen LogP) is 4.06. The summed E-state index contributed by atoms with van der Waals surface area (Å²) in [6, 6.07) is 6.91. The van der Waals surface area contributed by atoms with Crippen molar-refractivity contribution in [2.75, 3.05) is 6.54 Å². The first-order valence-corrected chi connectivity index (χ1v) is 6.71. The third-order valence-corrected chi connectivity index (χ3v) is 3.60. The Hall–Kier alpha value is -1.24. The Labute approximate surface area is 105 Å². The summed E-state index contributed by atoms with van der Waals surface area (Å²) in [5.74, 6) is 0. The number of nitrogens with zero attached hydrogens (tertiary/aromatic N) is 1. The van der Waals surface area contributed by atoms with Gasteiger partial charge in [-0.1, -0.05) is 36.8 Å². The fourth-order valence-corrected chi connectivity index (χ4v) is 2.62. The van der Waals surface area contributed by atoms with Crippen LogP contribution in [0.4, 0.5) is 0 Å². The molecule has 0 aromatic heterocycles. The molecular weight excluding hydrogens is 206 g/mol. The monoisotopic (exact) mass is 229 g/mol. The molecule has 1 aromatic carbocycles. The molecule has 1 aliphatic rings. The summed E-state index contributed by atoms with van der Waals surface area (Å²) in [6.45, 7) is 8.91. The van der Waals surface area contributed by atoms with Crippen LogP contribution in [0.25, 0.3) is 0 Å². The molecule has 0 saturated carbocycles. The lowest BCUT2D eigenvalue weighted by atomic mass is 10.0. The lowest BCUT2D eigenvalue weighted by Crippen LogP contribution is -2.21. The second-order valence-electron chi connectivity index (χ2n) is 5.05. The molecule has 1 heterocycles. The number of benzene rings is 1. The Kier molecular flexibility index (Phi) is 3.88. The zero-order chi connectivity index (χ0) is 12.3. The van der Waals surface area contributed by atoms with Gasteiger partial charge in [0.05, 0.1) is 0 Å². The maximum absolute atomic E-state index is 2.52. The molecule has 0 radical (unpaired) electrons. The molecule has 0 fully saturated rings. The van der Waals surface area contributed by atoms with Crippen LogP contribution in [0.15, 0.2) is 30.0 Å². The van der Waals surface area contributed by atoms with Gasteiger partial charge in [-0.05, 0) is 44.2 Å². The van der Waals surface area contributed by atoms with Crippen molar-refractivity contribution >= 4 is 0 Å². The predicted molar refractivity (Wildman–Crippen MR) is 74.0 cm³/mol. The van der Waals surface area contributed by atoms with E-state index in [0.717, 1.165) is 13.0 Å². The first-order valence-electron chi connectivity index (χ1n) is 6.71. The van der Waals surface area contributed by atoms with Crippen LogP contribution in [-0.4, -0.2) is 11.4 Å². The van der Waals surface area contributed by atoms with Gasteiger partial charge in [-0.15, -0.1) is 0 Å². The van der Waals surface area contributed by atoms with Gasteiger partial charge in [0, 0.05) is 18.8 Å². The fraction of sp³-hybridized carbons (Fsp3) is 0.500. The van der Waals surface area contributed by atoms with Crippen LogP contribution < -0.4 is 0 Å². The standard InChI is InChI=1S/C16H23N/c1-4-6-14(3)17-10-5-7-15-9-8-13(2)11-16(15)12-17/h6,8-9,11H,4-5,7,10,12H2,1-3H3/b14-6+. The third kappa shape index (κ3) is 2.91. The Morgan fingerprint density at radius 3 is 2.94 bits per heavy atom. The number of rotatable bonds is 2. The van der Waals surface area contributed by atoms with Gasteiger partial charge in [0.25, 0.3) is 0 Å². The Morgan fingerprint density at radius 2 is 2.18 bits per heavy atom. The molecule has 0 atom stereocenters. The van der Waals surface area contributed by atoms with E-state index in [0.29, 0.717) is 0 Å². The van der Waals surface area contributed by atoms with Gasteiger partial charge in [0.1, 0.15) is 0 Å². The van der Waals surface area contributed by atoms with E-state index in [1.165, 1.54) is 36.2 Å². The van der Waals surface area contributed by atoms with Crippen LogP contribution in [-0.2, 0) is 13.0 Å². The molecule has 1 aromatic rings. The number of aryl methyl sites for hydroxylation is 2. The summed E-state index contributed by atoms with van der Waals surface area (Å²) < 4.78 is 0. The molecule has 0 amide bonds. The average molecular weight is 229 g/mol. The molecule has 0 aliphatic carbocycles. The largest absolute Gasteiger partial charge is 0.371 e. The summed E-state index contributed by atoms with van der Waals surface area (Å²) in [5, 5.41) is 0. The van der Waals surface area contributed by atoms with E-state index in [9.17, 15) is 0 Å². The summed E-state index contributed by atoms with van der Waals surface area (Å²) in [7, 11) is 0. The first kappa shape index (κ1) is 12.2. The van der Waals surface area contributed by atoms with Crippen molar-refractivity contribution in [2.24, 2.45) is 0 Å². The molecule has 92 valence electrons. The Morgan fingerprint density at radius 1 is 1.35 bits per heavy atom. The fourth-order valence-electron chi connectivity index (χ4n) is 2.62. The van der Waals surface area contributed by atoms with Crippen molar-refractivity contribution in [2.45, 2.75) is 46.6 Å². The summed E-state index contributed by atoms with van der Waals surface area (Å²) in [6.07, 6.45) is 5.96. The van der Waals surface area contributed by atoms with E-state index < -0.39 is 0 Å². The minimum absolute atomic E-state index is 1.08. The molecule has 2 rings (SSSR count). The van der Waals surface area contributed by atoms with Gasteiger partial charge >= 0.3 is 0 Å². The molecule has 1 aliphatic heterocycles. The highest BCUT2D eigenvalue weighted by Gasteiger charge is 2.14. The van der Waals surface area contributed by atoms with E-state index in [4.69, 9.17) is 0 Å². The maximum Gasteiger partial charge on any atom is 0.0429 e. The summed E-state index contributed by atoms with van der Waals surface area (Å²) >= 11 is 0. The average Bonchev–Trinajstić information content (AvgIpc) is 2.50. The van der Waals surface area contributed by atoms with Gasteiger partial charge in [-0.25, -0.2) is 0 Å². The summed E-state index contributed by atoms with van der Waals surface area (Å²) in [5.41, 5.74) is 5.87. The Bertz CT molecular complexity index is 418. The molecule has 0 spiro atoms. The van der Waals surface area contributed by atoms with Gasteiger partial charge in [-0.2, -0.15) is 0 Å². The normalized spacial score (nSPS) is 16.6. The van der Waals surface area contributed by atoms with Gasteiger partial charge in [-0.3, -0.25) is 0 Å². The van der Waals surface area contributed by atoms with Crippen LogP contribution in [0.2, 0.25) is 0 Å². The zero-order valence-electron chi connectivity index (χ0n) is 11.3. The first-order chi connectivity index (χ1) is 8.20.